The molecule has 2 rings (SSSR count). The van der Waals surface area contributed by atoms with Gasteiger partial charge in [-0.2, -0.15) is 0 Å². The van der Waals surface area contributed by atoms with Crippen LogP contribution in [0.25, 0.3) is 0 Å². The molecule has 2 aromatic rings. The average Bonchev–Trinajstić information content (AvgIpc) is 2.54. The SMILES string of the molecule is CN(Cc1ccc(C(=O)O)cc1)C(=O)C(C)(C)c1cccc(F)c1. The maximum atomic E-state index is 13.4. The maximum Gasteiger partial charge on any atom is 0.335 e. The molecule has 0 spiro atoms. The first-order valence-electron chi connectivity index (χ1n) is 7.55. The molecule has 0 saturated carbocycles. The summed E-state index contributed by atoms with van der Waals surface area (Å²) in [5.41, 5.74) is 0.775. The fourth-order valence-electron chi connectivity index (χ4n) is 2.58. The molecule has 0 aliphatic heterocycles. The Bertz CT molecular complexity index is 753. The minimum atomic E-state index is -0.988. The van der Waals surface area contributed by atoms with E-state index in [0.29, 0.717) is 12.1 Å². The van der Waals surface area contributed by atoms with Crippen LogP contribution in [0.1, 0.15) is 35.3 Å². The number of halogens is 1. The summed E-state index contributed by atoms with van der Waals surface area (Å²) < 4.78 is 13.4. The summed E-state index contributed by atoms with van der Waals surface area (Å²) >= 11 is 0. The smallest absolute Gasteiger partial charge is 0.335 e. The Hall–Kier alpha value is -2.69. The van der Waals surface area contributed by atoms with E-state index in [2.05, 4.69) is 0 Å². The Morgan fingerprint density at radius 3 is 2.29 bits per heavy atom. The molecule has 1 N–H and O–H groups in total. The zero-order chi connectivity index (χ0) is 17.9. The number of carbonyl (C=O) groups excluding carboxylic acids is 1. The second-order valence-electron chi connectivity index (χ2n) is 6.30. The third-order valence-electron chi connectivity index (χ3n) is 4.05. The van der Waals surface area contributed by atoms with Crippen molar-refractivity contribution in [3.63, 3.8) is 0 Å². The first-order valence-corrected chi connectivity index (χ1v) is 7.55. The summed E-state index contributed by atoms with van der Waals surface area (Å²) in [7, 11) is 1.68. The lowest BCUT2D eigenvalue weighted by Crippen LogP contribution is -2.41. The normalized spacial score (nSPS) is 11.2. The van der Waals surface area contributed by atoms with E-state index in [9.17, 15) is 14.0 Å². The molecule has 24 heavy (non-hydrogen) atoms. The van der Waals surface area contributed by atoms with Gasteiger partial charge in [-0.3, -0.25) is 4.79 Å². The molecular formula is C19H20FNO3. The van der Waals surface area contributed by atoms with Crippen molar-refractivity contribution in [2.24, 2.45) is 0 Å². The lowest BCUT2D eigenvalue weighted by molar-refractivity contribution is -0.135. The van der Waals surface area contributed by atoms with Gasteiger partial charge in [-0.15, -0.1) is 0 Å². The van der Waals surface area contributed by atoms with Crippen LogP contribution in [0.2, 0.25) is 0 Å². The van der Waals surface area contributed by atoms with Crippen LogP contribution >= 0.6 is 0 Å². The van der Waals surface area contributed by atoms with Gasteiger partial charge in [0.2, 0.25) is 5.91 Å². The van der Waals surface area contributed by atoms with Gasteiger partial charge in [0.1, 0.15) is 5.82 Å². The van der Waals surface area contributed by atoms with Gasteiger partial charge in [-0.05, 0) is 49.2 Å². The number of rotatable bonds is 5. The third-order valence-corrected chi connectivity index (χ3v) is 4.05. The lowest BCUT2D eigenvalue weighted by atomic mass is 9.83. The van der Waals surface area contributed by atoms with Gasteiger partial charge in [0.25, 0.3) is 0 Å². The number of benzene rings is 2. The van der Waals surface area contributed by atoms with Crippen LogP contribution in [0.4, 0.5) is 4.39 Å². The number of amides is 1. The second-order valence-corrected chi connectivity index (χ2v) is 6.30. The van der Waals surface area contributed by atoms with Gasteiger partial charge in [0.05, 0.1) is 11.0 Å². The highest BCUT2D eigenvalue weighted by Crippen LogP contribution is 2.26. The summed E-state index contributed by atoms with van der Waals surface area (Å²) in [4.78, 5) is 25.2. The summed E-state index contributed by atoms with van der Waals surface area (Å²) in [5, 5.41) is 8.91. The number of aromatic carboxylic acids is 1. The van der Waals surface area contributed by atoms with Gasteiger partial charge < -0.3 is 10.0 Å². The predicted molar refractivity (Wildman–Crippen MR) is 89.3 cm³/mol. The van der Waals surface area contributed by atoms with E-state index in [-0.39, 0.29) is 17.3 Å². The predicted octanol–water partition coefficient (Wildman–Crippen LogP) is 3.46. The highest BCUT2D eigenvalue weighted by atomic mass is 19.1. The van der Waals surface area contributed by atoms with Gasteiger partial charge in [-0.1, -0.05) is 24.3 Å². The van der Waals surface area contributed by atoms with E-state index in [0.717, 1.165) is 5.56 Å². The zero-order valence-electron chi connectivity index (χ0n) is 13.9. The van der Waals surface area contributed by atoms with Gasteiger partial charge in [-0.25, -0.2) is 9.18 Å². The fourth-order valence-corrected chi connectivity index (χ4v) is 2.58. The quantitative estimate of drug-likeness (QED) is 0.914. The lowest BCUT2D eigenvalue weighted by Gasteiger charge is -2.30. The van der Waals surface area contributed by atoms with Gasteiger partial charge >= 0.3 is 5.97 Å². The first kappa shape index (κ1) is 17.7. The Balaban J connectivity index is 2.14. The van der Waals surface area contributed by atoms with Crippen molar-refractivity contribution < 1.29 is 19.1 Å². The van der Waals surface area contributed by atoms with Crippen LogP contribution in [0, 0.1) is 5.82 Å². The number of carboxylic acids is 1. The maximum absolute atomic E-state index is 13.4. The minimum absolute atomic E-state index is 0.143. The Morgan fingerprint density at radius 1 is 1.12 bits per heavy atom. The molecule has 0 unspecified atom stereocenters. The van der Waals surface area contributed by atoms with Crippen molar-refractivity contribution in [1.82, 2.24) is 4.90 Å². The average molecular weight is 329 g/mol. The Labute approximate surface area is 140 Å². The number of carboxylic acid groups (broad SMARTS) is 1. The summed E-state index contributed by atoms with van der Waals surface area (Å²) in [5.74, 6) is -1.51. The van der Waals surface area contributed by atoms with E-state index in [1.807, 2.05) is 0 Å². The first-order chi connectivity index (χ1) is 11.2. The molecular weight excluding hydrogens is 309 g/mol. The van der Waals surface area contributed by atoms with E-state index < -0.39 is 11.4 Å². The van der Waals surface area contributed by atoms with Crippen LogP contribution in [0.5, 0.6) is 0 Å². The van der Waals surface area contributed by atoms with Crippen molar-refractivity contribution >= 4 is 11.9 Å². The van der Waals surface area contributed by atoms with Crippen molar-refractivity contribution in [3.05, 3.63) is 71.0 Å². The van der Waals surface area contributed by atoms with Crippen LogP contribution in [-0.2, 0) is 16.8 Å². The van der Waals surface area contributed by atoms with Crippen molar-refractivity contribution in [2.75, 3.05) is 7.05 Å². The highest BCUT2D eigenvalue weighted by Gasteiger charge is 2.32. The van der Waals surface area contributed by atoms with Crippen LogP contribution in [0.3, 0.4) is 0 Å². The highest BCUT2D eigenvalue weighted by molar-refractivity contribution is 5.88. The monoisotopic (exact) mass is 329 g/mol. The van der Waals surface area contributed by atoms with E-state index in [1.54, 1.807) is 50.1 Å². The van der Waals surface area contributed by atoms with Crippen LogP contribution in [-0.4, -0.2) is 28.9 Å². The third kappa shape index (κ3) is 3.79. The van der Waals surface area contributed by atoms with Crippen LogP contribution in [0.15, 0.2) is 48.5 Å². The van der Waals surface area contributed by atoms with Crippen LogP contribution < -0.4 is 0 Å². The molecule has 2 aromatic carbocycles. The Morgan fingerprint density at radius 2 is 1.75 bits per heavy atom. The molecule has 0 heterocycles. The van der Waals surface area contributed by atoms with E-state index in [1.165, 1.54) is 24.3 Å². The Kier molecular flexibility index (Phi) is 5.02. The summed E-state index contributed by atoms with van der Waals surface area (Å²) in [6.45, 7) is 3.86. The number of likely N-dealkylation sites (N-methyl/N-ethyl adjacent to an activating group) is 1. The molecule has 0 fully saturated rings. The van der Waals surface area contributed by atoms with Gasteiger partial charge in [0, 0.05) is 13.6 Å². The molecule has 0 aromatic heterocycles. The molecule has 0 aliphatic rings. The largest absolute Gasteiger partial charge is 0.478 e. The molecule has 0 bridgehead atoms. The molecule has 4 nitrogen and oxygen atoms in total. The number of hydrogen-bond donors (Lipinski definition) is 1. The number of nitrogens with zero attached hydrogens (tertiary/aromatic N) is 1. The molecule has 126 valence electrons. The minimum Gasteiger partial charge on any atom is -0.478 e. The zero-order valence-corrected chi connectivity index (χ0v) is 13.9. The summed E-state index contributed by atoms with van der Waals surface area (Å²) in [6.07, 6.45) is 0. The second kappa shape index (κ2) is 6.83. The molecule has 1 amide bonds. The van der Waals surface area contributed by atoms with Crippen molar-refractivity contribution in [2.45, 2.75) is 25.8 Å². The number of hydrogen-bond acceptors (Lipinski definition) is 2. The summed E-state index contributed by atoms with van der Waals surface area (Å²) in [6, 6.07) is 12.4. The molecule has 0 saturated heterocycles. The van der Waals surface area contributed by atoms with Gasteiger partial charge in [0.15, 0.2) is 0 Å². The standard InChI is InChI=1S/C19H20FNO3/c1-19(2,15-5-4-6-16(20)11-15)18(24)21(3)12-13-7-9-14(10-8-13)17(22)23/h4-11H,12H2,1-3H3,(H,22,23). The molecule has 0 atom stereocenters. The molecule has 5 heteroatoms. The molecule has 0 aliphatic carbocycles. The van der Waals surface area contributed by atoms with E-state index >= 15 is 0 Å². The number of carbonyl (C=O) groups is 2. The molecule has 0 radical (unpaired) electrons. The topological polar surface area (TPSA) is 57.6 Å². The fraction of sp³-hybridized carbons (Fsp3) is 0.263. The van der Waals surface area contributed by atoms with Crippen molar-refractivity contribution in [1.29, 1.82) is 0 Å². The van der Waals surface area contributed by atoms with E-state index in [4.69, 9.17) is 5.11 Å². The van der Waals surface area contributed by atoms with Crippen molar-refractivity contribution in [3.8, 4) is 0 Å².